The Kier molecular flexibility index (Phi) is 6.84. The Morgan fingerprint density at radius 2 is 1.78 bits per heavy atom. The van der Waals surface area contributed by atoms with Crippen molar-refractivity contribution in [1.82, 2.24) is 0 Å². The van der Waals surface area contributed by atoms with Gasteiger partial charge in [0.25, 0.3) is 0 Å². The van der Waals surface area contributed by atoms with Gasteiger partial charge < -0.3 is 0 Å². The summed E-state index contributed by atoms with van der Waals surface area (Å²) >= 11 is 0.114. The third kappa shape index (κ3) is 5.21. The number of aliphatic hydroxyl groups is 1. The number of ether oxygens (including phenoxy) is 1. The monoisotopic (exact) mass is 378 g/mol. The quantitative estimate of drug-likeness (QED) is 0.596. The van der Waals surface area contributed by atoms with Gasteiger partial charge in [-0.3, -0.25) is 0 Å². The molecule has 2 aromatic rings. The molecule has 2 atom stereocenters. The van der Waals surface area contributed by atoms with Crippen LogP contribution in [0, 0.1) is 0 Å². The van der Waals surface area contributed by atoms with Gasteiger partial charge >= 0.3 is 144 Å². The van der Waals surface area contributed by atoms with E-state index in [1.165, 1.54) is 11.4 Å². The van der Waals surface area contributed by atoms with E-state index < -0.39 is 6.10 Å². The fourth-order valence-corrected chi connectivity index (χ4v) is 4.72. The van der Waals surface area contributed by atoms with Crippen molar-refractivity contribution in [3.8, 4) is 0 Å². The molecule has 0 bridgehead atoms. The van der Waals surface area contributed by atoms with E-state index in [1.54, 1.807) is 0 Å². The summed E-state index contributed by atoms with van der Waals surface area (Å²) in [6, 6.07) is 17.8. The van der Waals surface area contributed by atoms with Crippen molar-refractivity contribution < 1.29 is 14.6 Å². The Hall–Kier alpha value is -1.61. The maximum atomic E-state index is 11.4. The Balaban J connectivity index is 2.14. The topological polar surface area (TPSA) is 46.5 Å². The molecule has 0 aliphatic rings. The van der Waals surface area contributed by atoms with Crippen LogP contribution in [-0.4, -0.2) is 26.0 Å². The summed E-state index contributed by atoms with van der Waals surface area (Å²) in [5.41, 5.74) is 2.00. The van der Waals surface area contributed by atoms with Crippen molar-refractivity contribution in [2.75, 3.05) is 0 Å². The van der Waals surface area contributed by atoms with Crippen LogP contribution in [0.2, 0.25) is 5.32 Å². The van der Waals surface area contributed by atoms with Crippen molar-refractivity contribution in [3.05, 3.63) is 65.7 Å². The summed E-state index contributed by atoms with van der Waals surface area (Å²) in [6.45, 7) is 3.41. The molecule has 0 saturated heterocycles. The van der Waals surface area contributed by atoms with E-state index in [1.807, 2.05) is 55.5 Å². The van der Waals surface area contributed by atoms with Gasteiger partial charge in [-0.15, -0.1) is 0 Å². The van der Waals surface area contributed by atoms with Crippen molar-refractivity contribution in [1.29, 1.82) is 0 Å². The predicted molar refractivity (Wildman–Crippen MR) is 92.8 cm³/mol. The second kappa shape index (κ2) is 8.87. The van der Waals surface area contributed by atoms with Gasteiger partial charge in [0.2, 0.25) is 0 Å². The molecule has 1 N–H and O–H groups in total. The molecule has 0 fully saturated rings. The van der Waals surface area contributed by atoms with Crippen LogP contribution in [0.25, 0.3) is 0 Å². The van der Waals surface area contributed by atoms with E-state index in [9.17, 15) is 9.90 Å². The summed E-state index contributed by atoms with van der Waals surface area (Å²) in [5.74, 6) is -0.267. The molecule has 4 heteroatoms. The first-order chi connectivity index (χ1) is 11.1. The third-order valence-electron chi connectivity index (χ3n) is 3.53. The van der Waals surface area contributed by atoms with Crippen LogP contribution in [0.3, 0.4) is 0 Å². The molecule has 0 unspecified atom stereocenters. The SMILES string of the molecule is CC[C@H](O)c1ccccc1[Se]C[C@H](OC(C)=O)c1ccccc1. The number of hydrogen-bond acceptors (Lipinski definition) is 3. The zero-order chi connectivity index (χ0) is 16.7. The van der Waals surface area contributed by atoms with Gasteiger partial charge in [0.15, 0.2) is 0 Å². The van der Waals surface area contributed by atoms with E-state index in [0.717, 1.165) is 16.4 Å². The normalized spacial score (nSPS) is 13.3. The zero-order valence-corrected chi connectivity index (χ0v) is 15.2. The molecule has 3 nitrogen and oxygen atoms in total. The number of aliphatic hydroxyl groups excluding tert-OH is 1. The zero-order valence-electron chi connectivity index (χ0n) is 13.4. The van der Waals surface area contributed by atoms with Gasteiger partial charge in [-0.1, -0.05) is 0 Å². The van der Waals surface area contributed by atoms with Crippen LogP contribution < -0.4 is 4.46 Å². The molecular formula is C19H22O3Se. The van der Waals surface area contributed by atoms with Gasteiger partial charge in [-0.05, 0) is 0 Å². The van der Waals surface area contributed by atoms with E-state index >= 15 is 0 Å². The average molecular weight is 377 g/mol. The van der Waals surface area contributed by atoms with Crippen LogP contribution in [0.4, 0.5) is 0 Å². The number of carbonyl (C=O) groups excluding carboxylic acids is 1. The standard InChI is InChI=1S/C19H22O3Se/c1-3-17(21)16-11-7-8-12-19(16)23-13-18(22-14(2)20)15-9-5-4-6-10-15/h4-12,17-18,21H,3,13H2,1-2H3/t17-,18-/m0/s1. The Morgan fingerprint density at radius 3 is 2.43 bits per heavy atom. The van der Waals surface area contributed by atoms with E-state index in [-0.39, 0.29) is 27.0 Å². The summed E-state index contributed by atoms with van der Waals surface area (Å²) in [5, 5.41) is 10.9. The average Bonchev–Trinajstić information content (AvgIpc) is 2.58. The predicted octanol–water partition coefficient (Wildman–Crippen LogP) is 3.18. The summed E-state index contributed by atoms with van der Waals surface area (Å²) in [4.78, 5) is 11.4. The molecule has 0 saturated carbocycles. The molecule has 2 rings (SSSR count). The second-order valence-electron chi connectivity index (χ2n) is 5.28. The summed E-state index contributed by atoms with van der Waals surface area (Å²) in [6.07, 6.45) is 0.0246. The molecule has 0 aromatic heterocycles. The van der Waals surface area contributed by atoms with Crippen LogP contribution in [-0.2, 0) is 9.53 Å². The van der Waals surface area contributed by atoms with Crippen molar-refractivity contribution in [3.63, 3.8) is 0 Å². The van der Waals surface area contributed by atoms with Gasteiger partial charge in [0.05, 0.1) is 0 Å². The van der Waals surface area contributed by atoms with E-state index in [4.69, 9.17) is 4.74 Å². The third-order valence-corrected chi connectivity index (χ3v) is 5.95. The first-order valence-electron chi connectivity index (χ1n) is 7.73. The Labute approximate surface area is 143 Å². The van der Waals surface area contributed by atoms with Crippen molar-refractivity contribution >= 4 is 25.4 Å². The second-order valence-corrected chi connectivity index (χ2v) is 7.51. The fourth-order valence-electron chi connectivity index (χ4n) is 2.34. The number of benzene rings is 2. The maximum absolute atomic E-state index is 11.4. The van der Waals surface area contributed by atoms with Gasteiger partial charge in [0.1, 0.15) is 0 Å². The number of hydrogen-bond donors (Lipinski definition) is 1. The summed E-state index contributed by atoms with van der Waals surface area (Å²) in [7, 11) is 0. The molecule has 0 heterocycles. The van der Waals surface area contributed by atoms with Crippen LogP contribution >= 0.6 is 0 Å². The van der Waals surface area contributed by atoms with Gasteiger partial charge in [-0.2, -0.15) is 0 Å². The molecule has 2 aromatic carbocycles. The molecule has 23 heavy (non-hydrogen) atoms. The van der Waals surface area contributed by atoms with Gasteiger partial charge in [0, 0.05) is 0 Å². The van der Waals surface area contributed by atoms with Crippen LogP contribution in [0.15, 0.2) is 54.6 Å². The number of carbonyl (C=O) groups is 1. The van der Waals surface area contributed by atoms with E-state index in [2.05, 4.69) is 6.07 Å². The van der Waals surface area contributed by atoms with E-state index in [0.29, 0.717) is 6.42 Å². The summed E-state index contributed by atoms with van der Waals surface area (Å²) < 4.78 is 6.67. The first-order valence-corrected chi connectivity index (χ1v) is 9.80. The van der Waals surface area contributed by atoms with Crippen molar-refractivity contribution in [2.24, 2.45) is 0 Å². The minimum atomic E-state index is -0.433. The molecule has 122 valence electrons. The molecule has 0 aliphatic carbocycles. The molecular weight excluding hydrogens is 355 g/mol. The van der Waals surface area contributed by atoms with Crippen LogP contribution in [0.1, 0.15) is 43.6 Å². The molecule has 0 spiro atoms. The van der Waals surface area contributed by atoms with Gasteiger partial charge in [-0.25, -0.2) is 0 Å². The molecule has 0 radical (unpaired) electrons. The Morgan fingerprint density at radius 1 is 1.13 bits per heavy atom. The first kappa shape index (κ1) is 17.7. The number of esters is 1. The van der Waals surface area contributed by atoms with Crippen molar-refractivity contribution in [2.45, 2.75) is 37.8 Å². The minimum absolute atomic E-state index is 0.114. The fraction of sp³-hybridized carbons (Fsp3) is 0.316. The molecule has 0 aliphatic heterocycles. The number of rotatable bonds is 7. The molecule has 0 amide bonds. The Bertz CT molecular complexity index is 628. The van der Waals surface area contributed by atoms with Crippen LogP contribution in [0.5, 0.6) is 0 Å².